The number of aryl methyl sites for hydroxylation is 1. The van der Waals surface area contributed by atoms with Crippen LogP contribution in [0.15, 0.2) is 48.7 Å². The number of hydrogen-bond donors (Lipinski definition) is 0. The standard InChI is InChI=1S/C22H31N3O3/c1-18(2)13-24(22(27)17-28-4)16-21(26)25(14-19-9-6-5-7-10-19)15-20-11-8-12-23(20)3/h5-12,18H,13-17H2,1-4H3. The van der Waals surface area contributed by atoms with Gasteiger partial charge in [-0.3, -0.25) is 9.59 Å². The molecule has 0 bridgehead atoms. The van der Waals surface area contributed by atoms with Gasteiger partial charge in [0.1, 0.15) is 6.61 Å². The normalized spacial score (nSPS) is 10.9. The fourth-order valence-electron chi connectivity index (χ4n) is 3.07. The van der Waals surface area contributed by atoms with E-state index in [1.54, 1.807) is 9.80 Å². The lowest BCUT2D eigenvalue weighted by Crippen LogP contribution is -2.45. The SMILES string of the molecule is COCC(=O)N(CC(=O)N(Cc1ccccc1)Cc1cccn1C)CC(C)C. The first-order chi connectivity index (χ1) is 13.4. The highest BCUT2D eigenvalue weighted by Gasteiger charge is 2.23. The Morgan fingerprint density at radius 2 is 1.71 bits per heavy atom. The summed E-state index contributed by atoms with van der Waals surface area (Å²) in [6.07, 6.45) is 1.97. The third-order valence-electron chi connectivity index (χ3n) is 4.51. The number of nitrogens with zero attached hydrogens (tertiary/aromatic N) is 3. The lowest BCUT2D eigenvalue weighted by Gasteiger charge is -2.29. The second kappa shape index (κ2) is 10.7. The molecule has 0 atom stereocenters. The van der Waals surface area contributed by atoms with E-state index in [-0.39, 0.29) is 30.9 Å². The van der Waals surface area contributed by atoms with Crippen LogP contribution in [0, 0.1) is 5.92 Å². The molecular weight excluding hydrogens is 354 g/mol. The van der Waals surface area contributed by atoms with Crippen molar-refractivity contribution in [3.05, 3.63) is 59.9 Å². The summed E-state index contributed by atoms with van der Waals surface area (Å²) in [6, 6.07) is 13.9. The van der Waals surface area contributed by atoms with Crippen LogP contribution >= 0.6 is 0 Å². The Hall–Kier alpha value is -2.60. The van der Waals surface area contributed by atoms with Gasteiger partial charge in [0.15, 0.2) is 0 Å². The van der Waals surface area contributed by atoms with Gasteiger partial charge >= 0.3 is 0 Å². The molecule has 6 nitrogen and oxygen atoms in total. The predicted molar refractivity (Wildman–Crippen MR) is 109 cm³/mol. The first kappa shape index (κ1) is 21.7. The first-order valence-corrected chi connectivity index (χ1v) is 9.59. The third-order valence-corrected chi connectivity index (χ3v) is 4.51. The summed E-state index contributed by atoms with van der Waals surface area (Å²) in [5, 5.41) is 0. The molecule has 0 radical (unpaired) electrons. The number of hydrogen-bond acceptors (Lipinski definition) is 3. The Labute approximate surface area is 167 Å². The maximum atomic E-state index is 13.2. The van der Waals surface area contributed by atoms with E-state index in [4.69, 9.17) is 4.74 Å². The summed E-state index contributed by atoms with van der Waals surface area (Å²) < 4.78 is 6.99. The largest absolute Gasteiger partial charge is 0.375 e. The fourth-order valence-corrected chi connectivity index (χ4v) is 3.07. The van der Waals surface area contributed by atoms with Crippen LogP contribution in [0.25, 0.3) is 0 Å². The molecule has 0 unspecified atom stereocenters. The Morgan fingerprint density at radius 3 is 2.29 bits per heavy atom. The van der Waals surface area contributed by atoms with Crippen molar-refractivity contribution in [2.24, 2.45) is 13.0 Å². The van der Waals surface area contributed by atoms with Gasteiger partial charge in [-0.15, -0.1) is 0 Å². The molecule has 28 heavy (non-hydrogen) atoms. The third kappa shape index (κ3) is 6.53. The van der Waals surface area contributed by atoms with Gasteiger partial charge in [-0.25, -0.2) is 0 Å². The van der Waals surface area contributed by atoms with Crippen LogP contribution in [0.3, 0.4) is 0 Å². The summed E-state index contributed by atoms with van der Waals surface area (Å²) in [6.45, 7) is 5.61. The monoisotopic (exact) mass is 385 g/mol. The van der Waals surface area contributed by atoms with Crippen molar-refractivity contribution in [1.29, 1.82) is 0 Å². The zero-order valence-corrected chi connectivity index (χ0v) is 17.3. The minimum Gasteiger partial charge on any atom is -0.375 e. The first-order valence-electron chi connectivity index (χ1n) is 9.59. The van der Waals surface area contributed by atoms with Crippen molar-refractivity contribution in [2.45, 2.75) is 26.9 Å². The molecule has 0 spiro atoms. The summed E-state index contributed by atoms with van der Waals surface area (Å²) >= 11 is 0. The van der Waals surface area contributed by atoms with Crippen molar-refractivity contribution in [3.8, 4) is 0 Å². The van der Waals surface area contributed by atoms with E-state index in [0.717, 1.165) is 11.3 Å². The lowest BCUT2D eigenvalue weighted by atomic mass is 10.2. The van der Waals surface area contributed by atoms with E-state index in [2.05, 4.69) is 0 Å². The van der Waals surface area contributed by atoms with Crippen molar-refractivity contribution < 1.29 is 14.3 Å². The van der Waals surface area contributed by atoms with E-state index in [1.165, 1.54) is 7.11 Å². The Bertz CT molecular complexity index is 755. The second-order valence-electron chi connectivity index (χ2n) is 7.45. The number of carbonyl (C=O) groups is 2. The minimum absolute atomic E-state index is 0.0174. The summed E-state index contributed by atoms with van der Waals surface area (Å²) in [5.41, 5.74) is 2.10. The molecule has 1 aromatic heterocycles. The molecule has 1 heterocycles. The van der Waals surface area contributed by atoms with Gasteiger partial charge in [-0.2, -0.15) is 0 Å². The average molecular weight is 386 g/mol. The maximum absolute atomic E-state index is 13.2. The van der Waals surface area contributed by atoms with Crippen LogP contribution in [0.2, 0.25) is 0 Å². The molecule has 2 rings (SSSR count). The molecule has 0 saturated heterocycles. The van der Waals surface area contributed by atoms with Gasteiger partial charge in [0.25, 0.3) is 0 Å². The van der Waals surface area contributed by atoms with Gasteiger partial charge in [0, 0.05) is 39.1 Å². The Morgan fingerprint density at radius 1 is 1.00 bits per heavy atom. The van der Waals surface area contributed by atoms with E-state index >= 15 is 0 Å². The van der Waals surface area contributed by atoms with E-state index in [0.29, 0.717) is 19.6 Å². The van der Waals surface area contributed by atoms with Crippen LogP contribution in [-0.2, 0) is 34.5 Å². The van der Waals surface area contributed by atoms with Crippen molar-refractivity contribution in [3.63, 3.8) is 0 Å². The van der Waals surface area contributed by atoms with Gasteiger partial charge in [0.05, 0.1) is 13.1 Å². The molecule has 6 heteroatoms. The van der Waals surface area contributed by atoms with E-state index < -0.39 is 0 Å². The summed E-state index contributed by atoms with van der Waals surface area (Å²) in [4.78, 5) is 29.0. The molecule has 0 N–H and O–H groups in total. The quantitative estimate of drug-likeness (QED) is 0.632. The molecule has 0 aliphatic heterocycles. The number of rotatable bonds is 10. The molecule has 152 valence electrons. The molecule has 0 fully saturated rings. The second-order valence-corrected chi connectivity index (χ2v) is 7.45. The Balaban J connectivity index is 2.18. The Kier molecular flexibility index (Phi) is 8.26. The van der Waals surface area contributed by atoms with E-state index in [9.17, 15) is 9.59 Å². The van der Waals surface area contributed by atoms with Gasteiger partial charge in [-0.1, -0.05) is 44.2 Å². The van der Waals surface area contributed by atoms with Crippen molar-refractivity contribution >= 4 is 11.8 Å². The topological polar surface area (TPSA) is 54.8 Å². The lowest BCUT2D eigenvalue weighted by molar-refractivity contribution is -0.143. The van der Waals surface area contributed by atoms with Crippen LogP contribution in [-0.4, -0.2) is 53.0 Å². The highest BCUT2D eigenvalue weighted by Crippen LogP contribution is 2.12. The van der Waals surface area contributed by atoms with Crippen molar-refractivity contribution in [1.82, 2.24) is 14.4 Å². The zero-order chi connectivity index (χ0) is 20.5. The summed E-state index contributed by atoms with van der Waals surface area (Å²) in [5.74, 6) is 0.0299. The molecule has 0 aliphatic rings. The number of carbonyl (C=O) groups excluding carboxylic acids is 2. The molecule has 1 aromatic carbocycles. The smallest absolute Gasteiger partial charge is 0.249 e. The number of aromatic nitrogens is 1. The maximum Gasteiger partial charge on any atom is 0.249 e. The minimum atomic E-state index is -0.164. The number of benzene rings is 1. The van der Waals surface area contributed by atoms with Crippen LogP contribution in [0.1, 0.15) is 25.1 Å². The van der Waals surface area contributed by atoms with Gasteiger partial charge in [-0.05, 0) is 23.6 Å². The average Bonchev–Trinajstić information content (AvgIpc) is 3.06. The van der Waals surface area contributed by atoms with E-state index in [1.807, 2.05) is 74.1 Å². The highest BCUT2D eigenvalue weighted by atomic mass is 16.5. The number of methoxy groups -OCH3 is 1. The van der Waals surface area contributed by atoms with Crippen LogP contribution in [0.4, 0.5) is 0 Å². The zero-order valence-electron chi connectivity index (χ0n) is 17.3. The predicted octanol–water partition coefficient (Wildman–Crippen LogP) is 2.68. The highest BCUT2D eigenvalue weighted by molar-refractivity contribution is 5.85. The molecule has 2 aromatic rings. The van der Waals surface area contributed by atoms with Crippen LogP contribution in [0.5, 0.6) is 0 Å². The molecule has 0 aliphatic carbocycles. The molecular formula is C22H31N3O3. The van der Waals surface area contributed by atoms with Gasteiger partial charge in [0.2, 0.25) is 11.8 Å². The molecule has 0 saturated carbocycles. The summed E-state index contributed by atoms with van der Waals surface area (Å²) in [7, 11) is 3.46. The van der Waals surface area contributed by atoms with Gasteiger partial charge < -0.3 is 19.1 Å². The van der Waals surface area contributed by atoms with Crippen molar-refractivity contribution in [2.75, 3.05) is 26.8 Å². The van der Waals surface area contributed by atoms with Crippen LogP contribution < -0.4 is 0 Å². The molecule has 2 amide bonds. The number of ether oxygens (including phenoxy) is 1. The number of amides is 2. The fraction of sp³-hybridized carbons (Fsp3) is 0.455.